The van der Waals surface area contributed by atoms with E-state index in [1.165, 1.54) is 20.3 Å². The van der Waals surface area contributed by atoms with Crippen LogP contribution in [0.25, 0.3) is 0 Å². The molecule has 2 aliphatic carbocycles. The van der Waals surface area contributed by atoms with E-state index in [-0.39, 0.29) is 64.3 Å². The van der Waals surface area contributed by atoms with Gasteiger partial charge >= 0.3 is 5.97 Å². The number of amides is 2. The van der Waals surface area contributed by atoms with Crippen LogP contribution in [0, 0.1) is 34.4 Å². The summed E-state index contributed by atoms with van der Waals surface area (Å²) in [5.74, 6) is -1.54. The van der Waals surface area contributed by atoms with Crippen LogP contribution < -0.4 is 20.1 Å². The fraction of sp³-hybridized carbons (Fsp3) is 0.710. The predicted molar refractivity (Wildman–Crippen MR) is 151 cm³/mol. The topological polar surface area (TPSA) is 103 Å². The first-order valence-electron chi connectivity index (χ1n) is 14.4. The molecule has 0 aromatic heterocycles. The van der Waals surface area contributed by atoms with Gasteiger partial charge in [-0.3, -0.25) is 14.4 Å². The minimum Gasteiger partial charge on any atom is -0.496 e. The third-order valence-corrected chi connectivity index (χ3v) is 8.59. The molecule has 0 saturated heterocycles. The van der Waals surface area contributed by atoms with Crippen LogP contribution in [0.3, 0.4) is 0 Å². The number of carbonyl (C=O) groups excluding carboxylic acids is 3. The molecule has 2 saturated carbocycles. The average Bonchev–Trinajstić information content (AvgIpc) is 2.90. The highest BCUT2D eigenvalue weighted by Gasteiger charge is 2.42. The number of carbonyl (C=O) groups is 3. The number of halogens is 1. The molecule has 4 atom stereocenters. The van der Waals surface area contributed by atoms with E-state index in [4.69, 9.17) is 14.2 Å². The lowest BCUT2D eigenvalue weighted by molar-refractivity contribution is -0.154. The van der Waals surface area contributed by atoms with Gasteiger partial charge in [0.25, 0.3) is 5.91 Å². The summed E-state index contributed by atoms with van der Waals surface area (Å²) in [6.07, 6.45) is 3.72. The standard InChI is InChI=1S/C31H47FN2O6/c1-18-9-10-19(2)26(25(18)28(36)33-17-30(3,4)5)34-27(35)21-15-24(22(32)16-23(21)38-7)40-20-11-13-31(6,14-12-20)29(37)39-8/h15-16,18-20,25-26H,9-14,17H2,1-8H3,(H,33,36)(H,34,35)/t18-,19+,20?,25+,26-,31?/m1/s1. The van der Waals surface area contributed by atoms with Crippen LogP contribution in [0.1, 0.15) is 90.4 Å². The quantitative estimate of drug-likeness (QED) is 0.418. The first-order chi connectivity index (χ1) is 18.7. The molecule has 0 spiro atoms. The van der Waals surface area contributed by atoms with Gasteiger partial charge in [-0.2, -0.15) is 0 Å². The average molecular weight is 563 g/mol. The van der Waals surface area contributed by atoms with Crippen LogP contribution in [-0.4, -0.2) is 50.7 Å². The lowest BCUT2D eigenvalue weighted by Crippen LogP contribution is -2.55. The van der Waals surface area contributed by atoms with Gasteiger partial charge in [0, 0.05) is 18.7 Å². The number of nitrogens with one attached hydrogen (secondary N) is 2. The molecule has 0 radical (unpaired) electrons. The second-order valence-corrected chi connectivity index (χ2v) is 13.2. The fourth-order valence-electron chi connectivity index (χ4n) is 5.89. The smallest absolute Gasteiger partial charge is 0.311 e. The van der Waals surface area contributed by atoms with E-state index in [1.54, 1.807) is 0 Å². The van der Waals surface area contributed by atoms with Gasteiger partial charge in [0.15, 0.2) is 11.6 Å². The maximum absolute atomic E-state index is 15.0. The highest BCUT2D eigenvalue weighted by atomic mass is 19.1. The highest BCUT2D eigenvalue weighted by Crippen LogP contribution is 2.40. The molecule has 224 valence electrons. The molecule has 0 unspecified atom stereocenters. The lowest BCUT2D eigenvalue weighted by atomic mass is 9.71. The Labute approximate surface area is 238 Å². The van der Waals surface area contributed by atoms with Crippen molar-refractivity contribution in [2.45, 2.75) is 92.2 Å². The zero-order chi connectivity index (χ0) is 29.8. The number of hydrogen-bond donors (Lipinski definition) is 2. The molecule has 0 aliphatic heterocycles. The number of esters is 1. The second-order valence-electron chi connectivity index (χ2n) is 13.2. The van der Waals surface area contributed by atoms with Crippen LogP contribution in [0.5, 0.6) is 11.5 Å². The maximum atomic E-state index is 15.0. The van der Waals surface area contributed by atoms with E-state index >= 15 is 4.39 Å². The van der Waals surface area contributed by atoms with Crippen LogP contribution in [-0.2, 0) is 14.3 Å². The van der Waals surface area contributed by atoms with Crippen molar-refractivity contribution in [1.29, 1.82) is 0 Å². The normalized spacial score (nSPS) is 28.8. The van der Waals surface area contributed by atoms with Gasteiger partial charge < -0.3 is 24.8 Å². The fourth-order valence-corrected chi connectivity index (χ4v) is 5.89. The van der Waals surface area contributed by atoms with E-state index in [2.05, 4.69) is 31.4 Å². The first-order valence-corrected chi connectivity index (χ1v) is 14.4. The molecule has 1 aromatic carbocycles. The Morgan fingerprint density at radius 1 is 1.00 bits per heavy atom. The van der Waals surface area contributed by atoms with Crippen LogP contribution in [0.2, 0.25) is 0 Å². The van der Waals surface area contributed by atoms with Crippen LogP contribution in [0.15, 0.2) is 12.1 Å². The number of benzene rings is 1. The van der Waals surface area contributed by atoms with E-state index < -0.39 is 17.1 Å². The third-order valence-electron chi connectivity index (χ3n) is 8.59. The van der Waals surface area contributed by atoms with Crippen molar-refractivity contribution in [3.8, 4) is 11.5 Å². The van der Waals surface area contributed by atoms with Crippen LogP contribution in [0.4, 0.5) is 4.39 Å². The van der Waals surface area contributed by atoms with E-state index in [0.717, 1.165) is 18.9 Å². The summed E-state index contributed by atoms with van der Waals surface area (Å²) in [7, 11) is 2.76. The maximum Gasteiger partial charge on any atom is 0.311 e. The zero-order valence-electron chi connectivity index (χ0n) is 25.3. The van der Waals surface area contributed by atoms with Gasteiger partial charge in [0.2, 0.25) is 5.91 Å². The molecule has 3 rings (SSSR count). The molecule has 8 nitrogen and oxygen atoms in total. The van der Waals surface area contributed by atoms with Gasteiger partial charge in [-0.15, -0.1) is 0 Å². The Balaban J connectivity index is 1.79. The molecule has 2 N–H and O–H groups in total. The van der Waals surface area contributed by atoms with Crippen molar-refractivity contribution < 1.29 is 33.0 Å². The third kappa shape index (κ3) is 7.46. The Kier molecular flexibility index (Phi) is 10.1. The van der Waals surface area contributed by atoms with Crippen molar-refractivity contribution in [1.82, 2.24) is 10.6 Å². The number of ether oxygens (including phenoxy) is 3. The first kappa shape index (κ1) is 31.7. The molecule has 9 heteroatoms. The van der Waals surface area contributed by atoms with Gasteiger partial charge in [-0.05, 0) is 68.8 Å². The van der Waals surface area contributed by atoms with Crippen LogP contribution >= 0.6 is 0 Å². The van der Waals surface area contributed by atoms with Gasteiger partial charge in [-0.25, -0.2) is 4.39 Å². The van der Waals surface area contributed by atoms with E-state index in [1.807, 2.05) is 20.8 Å². The summed E-state index contributed by atoms with van der Waals surface area (Å²) in [5.41, 5.74) is -0.498. The minimum absolute atomic E-state index is 0.0397. The summed E-state index contributed by atoms with van der Waals surface area (Å²) < 4.78 is 31.3. The van der Waals surface area contributed by atoms with Crippen molar-refractivity contribution in [2.75, 3.05) is 20.8 Å². The number of hydrogen-bond acceptors (Lipinski definition) is 6. The molecule has 1 aromatic rings. The molecule has 0 bridgehead atoms. The van der Waals surface area contributed by atoms with Crippen molar-refractivity contribution in [2.24, 2.45) is 28.6 Å². The summed E-state index contributed by atoms with van der Waals surface area (Å²) in [5, 5.41) is 6.16. The summed E-state index contributed by atoms with van der Waals surface area (Å²) in [4.78, 5) is 39.1. The molecule has 2 fully saturated rings. The Hall–Kier alpha value is -2.84. The highest BCUT2D eigenvalue weighted by molar-refractivity contribution is 5.98. The molecule has 40 heavy (non-hydrogen) atoms. The summed E-state index contributed by atoms with van der Waals surface area (Å²) in [6.45, 7) is 12.7. The molecule has 0 heterocycles. The lowest BCUT2D eigenvalue weighted by Gasteiger charge is -2.40. The van der Waals surface area contributed by atoms with E-state index in [9.17, 15) is 14.4 Å². The molecule has 2 amide bonds. The number of rotatable bonds is 8. The van der Waals surface area contributed by atoms with E-state index in [0.29, 0.717) is 32.2 Å². The monoisotopic (exact) mass is 562 g/mol. The van der Waals surface area contributed by atoms with Gasteiger partial charge in [0.05, 0.1) is 37.2 Å². The number of methoxy groups -OCH3 is 2. The van der Waals surface area contributed by atoms with Crippen molar-refractivity contribution >= 4 is 17.8 Å². The second kappa shape index (κ2) is 12.8. The van der Waals surface area contributed by atoms with Crippen molar-refractivity contribution in [3.05, 3.63) is 23.5 Å². The summed E-state index contributed by atoms with van der Waals surface area (Å²) in [6, 6.07) is 2.15. The molecule has 2 aliphatic rings. The predicted octanol–water partition coefficient (Wildman–Crippen LogP) is 5.28. The zero-order valence-corrected chi connectivity index (χ0v) is 25.3. The Bertz CT molecular complexity index is 1080. The van der Waals surface area contributed by atoms with Gasteiger partial charge in [-0.1, -0.05) is 34.6 Å². The SMILES string of the molecule is COC(=O)C1(C)CCC(Oc2cc(C(=O)N[C@H]3[C@@H](C(=O)NCC(C)(C)C)[C@H](C)CC[C@@H]3C)c(OC)cc2F)CC1. The molecular weight excluding hydrogens is 515 g/mol. The molecular formula is C31H47FN2O6. The Morgan fingerprint density at radius 3 is 2.20 bits per heavy atom. The summed E-state index contributed by atoms with van der Waals surface area (Å²) >= 11 is 0. The van der Waals surface area contributed by atoms with Crippen molar-refractivity contribution in [3.63, 3.8) is 0 Å². The largest absolute Gasteiger partial charge is 0.496 e. The minimum atomic E-state index is -0.631. The Morgan fingerprint density at radius 2 is 1.62 bits per heavy atom. The van der Waals surface area contributed by atoms with Gasteiger partial charge in [0.1, 0.15) is 5.75 Å².